The van der Waals surface area contributed by atoms with E-state index in [2.05, 4.69) is 16.5 Å². The van der Waals surface area contributed by atoms with Gasteiger partial charge in [0, 0.05) is 38.9 Å². The molecule has 1 aliphatic heterocycles. The summed E-state index contributed by atoms with van der Waals surface area (Å²) in [5.74, 6) is -3.27. The molecule has 11 nitrogen and oxygen atoms in total. The number of halogens is 2. The molecule has 0 spiro atoms. The number of hydrogen-bond donors (Lipinski definition) is 0. The van der Waals surface area contributed by atoms with Crippen molar-refractivity contribution in [1.29, 1.82) is 0 Å². The standard InChI is InChI=1S/C32H31F2N5O6S/c1-6-20-10-8-13-25(46(5,43)44)29(20)39-31-21(30(36-32(39)42)38-15-14-37(17-18(38)3)26(41)7-2)16-23(34)28(35-31)27-22(33)11-9-12-24(27)45-19(4)40/h7-13,16,18H,2,6,14-15,17H2,1,3-5H3/t18-/m0/s1. The number of hydrogen-bond acceptors (Lipinski definition) is 9. The molecule has 5 rings (SSSR count). The Bertz CT molecular complexity index is 2080. The van der Waals surface area contributed by atoms with Gasteiger partial charge in [-0.3, -0.25) is 9.59 Å². The first kappa shape index (κ1) is 32.4. The molecule has 0 bridgehead atoms. The number of aryl methyl sites for hydroxylation is 1. The topological polar surface area (TPSA) is 132 Å². The first-order valence-corrected chi connectivity index (χ1v) is 16.3. The van der Waals surface area contributed by atoms with Crippen molar-refractivity contribution < 1.29 is 31.5 Å². The van der Waals surface area contributed by atoms with E-state index in [1.807, 2.05) is 0 Å². The Balaban J connectivity index is 1.89. The lowest BCUT2D eigenvalue weighted by Gasteiger charge is -2.40. The highest BCUT2D eigenvalue weighted by atomic mass is 32.2. The van der Waals surface area contributed by atoms with Gasteiger partial charge in [-0.05, 0) is 49.2 Å². The molecule has 1 aliphatic rings. The van der Waals surface area contributed by atoms with Crippen molar-refractivity contribution in [3.8, 4) is 22.7 Å². The third kappa shape index (κ3) is 5.87. The van der Waals surface area contributed by atoms with Crippen LogP contribution in [0.2, 0.25) is 0 Å². The average Bonchev–Trinajstić information content (AvgIpc) is 2.99. The van der Waals surface area contributed by atoms with Crippen LogP contribution >= 0.6 is 0 Å². The fourth-order valence-electron chi connectivity index (χ4n) is 5.68. The zero-order valence-corrected chi connectivity index (χ0v) is 26.4. The summed E-state index contributed by atoms with van der Waals surface area (Å²) in [6.45, 7) is 8.94. The van der Waals surface area contributed by atoms with Gasteiger partial charge in [0.05, 0.1) is 21.5 Å². The molecule has 2 aromatic carbocycles. The Morgan fingerprint density at radius 1 is 1.11 bits per heavy atom. The summed E-state index contributed by atoms with van der Waals surface area (Å²) in [5, 5.41) is 0.0342. The zero-order valence-electron chi connectivity index (χ0n) is 25.6. The molecule has 1 fully saturated rings. The Morgan fingerprint density at radius 3 is 2.46 bits per heavy atom. The summed E-state index contributed by atoms with van der Waals surface area (Å²) in [4.78, 5) is 50.1. The van der Waals surface area contributed by atoms with Crippen molar-refractivity contribution in [2.24, 2.45) is 0 Å². The molecule has 3 heterocycles. The highest BCUT2D eigenvalue weighted by Crippen LogP contribution is 2.37. The van der Waals surface area contributed by atoms with E-state index in [1.165, 1.54) is 24.3 Å². The largest absolute Gasteiger partial charge is 0.426 e. The van der Waals surface area contributed by atoms with Crippen LogP contribution in [0.15, 0.2) is 64.8 Å². The van der Waals surface area contributed by atoms with Gasteiger partial charge in [-0.2, -0.15) is 4.98 Å². The fourth-order valence-corrected chi connectivity index (χ4v) is 6.58. The first-order valence-electron chi connectivity index (χ1n) is 14.4. The lowest BCUT2D eigenvalue weighted by atomic mass is 10.1. The number of anilines is 1. The van der Waals surface area contributed by atoms with E-state index in [4.69, 9.17) is 4.74 Å². The number of sulfone groups is 1. The third-order valence-electron chi connectivity index (χ3n) is 7.74. The van der Waals surface area contributed by atoms with Gasteiger partial charge in [0.25, 0.3) is 0 Å². The maximum absolute atomic E-state index is 16.1. The second-order valence-corrected chi connectivity index (χ2v) is 12.9. The van der Waals surface area contributed by atoms with Gasteiger partial charge in [0.15, 0.2) is 21.3 Å². The first-order chi connectivity index (χ1) is 21.8. The van der Waals surface area contributed by atoms with E-state index in [-0.39, 0.29) is 64.8 Å². The molecule has 0 saturated carbocycles. The van der Waals surface area contributed by atoms with Crippen molar-refractivity contribution in [1.82, 2.24) is 19.4 Å². The second kappa shape index (κ2) is 12.4. The van der Waals surface area contributed by atoms with E-state index in [0.717, 1.165) is 29.9 Å². The monoisotopic (exact) mass is 651 g/mol. The van der Waals surface area contributed by atoms with Gasteiger partial charge < -0.3 is 14.5 Å². The summed E-state index contributed by atoms with van der Waals surface area (Å²) in [5.41, 5.74) is -1.71. The number of para-hydroxylation sites is 1. The average molecular weight is 652 g/mol. The maximum Gasteiger partial charge on any atom is 0.355 e. The minimum Gasteiger partial charge on any atom is -0.426 e. The van der Waals surface area contributed by atoms with Crippen LogP contribution in [0.25, 0.3) is 28.0 Å². The molecule has 0 N–H and O–H groups in total. The van der Waals surface area contributed by atoms with Crippen molar-refractivity contribution in [2.45, 2.75) is 38.1 Å². The van der Waals surface area contributed by atoms with Crippen LogP contribution in [0, 0.1) is 11.6 Å². The van der Waals surface area contributed by atoms with E-state index in [9.17, 15) is 22.8 Å². The molecule has 14 heteroatoms. The maximum atomic E-state index is 16.1. The Labute approximate surface area is 263 Å². The zero-order chi connectivity index (χ0) is 33.5. The van der Waals surface area contributed by atoms with Crippen LogP contribution in [0.1, 0.15) is 26.3 Å². The number of amides is 1. The van der Waals surface area contributed by atoms with E-state index >= 15 is 8.78 Å². The van der Waals surface area contributed by atoms with Crippen molar-refractivity contribution >= 4 is 38.6 Å². The number of pyridine rings is 1. The van der Waals surface area contributed by atoms with Crippen LogP contribution < -0.4 is 15.3 Å². The number of aromatic nitrogens is 3. The van der Waals surface area contributed by atoms with Gasteiger partial charge >= 0.3 is 11.7 Å². The number of carbonyl (C=O) groups excluding carboxylic acids is 2. The predicted molar refractivity (Wildman–Crippen MR) is 168 cm³/mol. The molecule has 46 heavy (non-hydrogen) atoms. The molecule has 1 atom stereocenters. The minimum absolute atomic E-state index is 0.0187. The van der Waals surface area contributed by atoms with Gasteiger partial charge in [0.2, 0.25) is 5.91 Å². The SMILES string of the molecule is C=CC(=O)N1CCN(c2nc(=O)n(-c3c(CC)cccc3S(C)(=O)=O)c3nc(-c4c(F)cccc4OC(C)=O)c(F)cc23)[C@@H](C)C1. The normalized spacial score (nSPS) is 15.2. The molecule has 1 amide bonds. The van der Waals surface area contributed by atoms with Crippen LogP contribution in [-0.4, -0.2) is 71.7 Å². The lowest BCUT2D eigenvalue weighted by Crippen LogP contribution is -2.54. The quantitative estimate of drug-likeness (QED) is 0.166. The summed E-state index contributed by atoms with van der Waals surface area (Å²) in [7, 11) is -3.92. The summed E-state index contributed by atoms with van der Waals surface area (Å²) < 4.78 is 63.6. The van der Waals surface area contributed by atoms with Gasteiger partial charge in [-0.1, -0.05) is 31.7 Å². The van der Waals surface area contributed by atoms with E-state index in [1.54, 1.807) is 35.8 Å². The molecule has 0 aliphatic carbocycles. The van der Waals surface area contributed by atoms with Crippen molar-refractivity contribution in [3.05, 3.63) is 82.8 Å². The summed E-state index contributed by atoms with van der Waals surface area (Å²) in [6.07, 6.45) is 2.51. The second-order valence-electron chi connectivity index (χ2n) is 10.9. The third-order valence-corrected chi connectivity index (χ3v) is 8.87. The Morgan fingerprint density at radius 2 is 1.83 bits per heavy atom. The number of nitrogens with zero attached hydrogens (tertiary/aromatic N) is 5. The van der Waals surface area contributed by atoms with E-state index in [0.29, 0.717) is 12.0 Å². The highest BCUT2D eigenvalue weighted by molar-refractivity contribution is 7.90. The van der Waals surface area contributed by atoms with Gasteiger partial charge in [0.1, 0.15) is 23.1 Å². The highest BCUT2D eigenvalue weighted by Gasteiger charge is 2.31. The molecule has 0 unspecified atom stereocenters. The molecule has 4 aromatic rings. The Hall–Kier alpha value is -4.98. The molecule has 1 saturated heterocycles. The molecule has 240 valence electrons. The van der Waals surface area contributed by atoms with Crippen molar-refractivity contribution in [2.75, 3.05) is 30.8 Å². The number of carbonyl (C=O) groups is 2. The predicted octanol–water partition coefficient (Wildman–Crippen LogP) is 3.84. The molecule has 0 radical (unpaired) electrons. The number of esters is 1. The molecule has 2 aromatic heterocycles. The van der Waals surface area contributed by atoms with E-state index < -0.39 is 44.4 Å². The van der Waals surface area contributed by atoms with Gasteiger partial charge in [-0.15, -0.1) is 0 Å². The number of piperazine rings is 1. The van der Waals surface area contributed by atoms with Crippen LogP contribution in [-0.2, 0) is 25.8 Å². The number of ether oxygens (including phenoxy) is 1. The number of benzene rings is 2. The smallest absolute Gasteiger partial charge is 0.355 e. The summed E-state index contributed by atoms with van der Waals surface area (Å²) >= 11 is 0. The fraction of sp³-hybridized carbons (Fsp3) is 0.281. The molecular formula is C32H31F2N5O6S. The van der Waals surface area contributed by atoms with Crippen LogP contribution in [0.5, 0.6) is 5.75 Å². The van der Waals surface area contributed by atoms with Gasteiger partial charge in [-0.25, -0.2) is 31.5 Å². The van der Waals surface area contributed by atoms with Crippen LogP contribution in [0.4, 0.5) is 14.6 Å². The Kier molecular flexibility index (Phi) is 8.76. The minimum atomic E-state index is -3.92. The number of fused-ring (bicyclic) bond motifs is 1. The number of rotatable bonds is 7. The van der Waals surface area contributed by atoms with Crippen molar-refractivity contribution in [3.63, 3.8) is 0 Å². The van der Waals surface area contributed by atoms with Crippen LogP contribution in [0.3, 0.4) is 0 Å². The lowest BCUT2D eigenvalue weighted by molar-refractivity contribution is -0.132. The molecular weight excluding hydrogens is 620 g/mol. The summed E-state index contributed by atoms with van der Waals surface area (Å²) in [6, 6.07) is 8.78.